The summed E-state index contributed by atoms with van der Waals surface area (Å²) in [6, 6.07) is 12.7. The molecule has 0 saturated carbocycles. The molecule has 0 aliphatic carbocycles. The fourth-order valence-corrected chi connectivity index (χ4v) is 3.57. The first kappa shape index (κ1) is 13.6. The van der Waals surface area contributed by atoms with Crippen LogP contribution >= 0.6 is 11.8 Å². The molecule has 104 valence electrons. The Labute approximate surface area is 121 Å². The second-order valence-corrected chi connectivity index (χ2v) is 5.99. The molecule has 0 saturated heterocycles. The summed E-state index contributed by atoms with van der Waals surface area (Å²) >= 11 is 1.87. The summed E-state index contributed by atoms with van der Waals surface area (Å²) in [6.45, 7) is 0.543. The van der Waals surface area contributed by atoms with Gasteiger partial charge in [0.25, 0.3) is 0 Å². The van der Waals surface area contributed by atoms with Crippen LogP contribution in [-0.4, -0.2) is 5.75 Å². The van der Waals surface area contributed by atoms with Crippen LogP contribution in [0.2, 0.25) is 0 Å². The fourth-order valence-electron chi connectivity index (χ4n) is 2.44. The van der Waals surface area contributed by atoms with E-state index in [9.17, 15) is 8.78 Å². The van der Waals surface area contributed by atoms with Crippen molar-refractivity contribution < 1.29 is 8.78 Å². The van der Waals surface area contributed by atoms with E-state index in [4.69, 9.17) is 0 Å². The molecule has 0 amide bonds. The van der Waals surface area contributed by atoms with Gasteiger partial charge in [-0.1, -0.05) is 24.3 Å². The molecule has 1 aliphatic rings. The molecule has 1 aliphatic heterocycles. The van der Waals surface area contributed by atoms with Gasteiger partial charge < -0.3 is 5.32 Å². The van der Waals surface area contributed by atoms with Crippen molar-refractivity contribution in [1.29, 1.82) is 0 Å². The number of nitrogens with one attached hydrogen (secondary N) is 1. The molecule has 20 heavy (non-hydrogen) atoms. The molecule has 2 aromatic carbocycles. The van der Waals surface area contributed by atoms with Crippen molar-refractivity contribution in [3.8, 4) is 0 Å². The van der Waals surface area contributed by atoms with Crippen LogP contribution < -0.4 is 5.32 Å². The van der Waals surface area contributed by atoms with Crippen molar-refractivity contribution >= 4 is 11.8 Å². The van der Waals surface area contributed by atoms with E-state index in [1.807, 2.05) is 23.9 Å². The summed E-state index contributed by atoms with van der Waals surface area (Å²) in [5.74, 6) is -0.510. The Morgan fingerprint density at radius 2 is 1.95 bits per heavy atom. The summed E-state index contributed by atoms with van der Waals surface area (Å²) in [7, 11) is 0. The third-order valence-electron chi connectivity index (χ3n) is 3.50. The Balaban J connectivity index is 1.71. The molecule has 3 rings (SSSR count). The second-order valence-electron chi connectivity index (χ2n) is 4.86. The Morgan fingerprint density at radius 1 is 1.10 bits per heavy atom. The molecular weight excluding hydrogens is 276 g/mol. The number of fused-ring (bicyclic) bond motifs is 1. The van der Waals surface area contributed by atoms with Crippen LogP contribution in [0.1, 0.15) is 23.6 Å². The zero-order valence-corrected chi connectivity index (χ0v) is 11.7. The van der Waals surface area contributed by atoms with Crippen LogP contribution in [-0.2, 0) is 6.54 Å². The molecule has 0 spiro atoms. The minimum Gasteiger partial charge on any atom is -0.306 e. The molecule has 1 N–H and O–H groups in total. The molecule has 4 heteroatoms. The molecule has 2 aromatic rings. The van der Waals surface area contributed by atoms with Crippen LogP contribution in [0.25, 0.3) is 0 Å². The molecule has 0 bridgehead atoms. The van der Waals surface area contributed by atoms with Crippen molar-refractivity contribution in [2.24, 2.45) is 0 Å². The lowest BCUT2D eigenvalue weighted by Gasteiger charge is -2.26. The van der Waals surface area contributed by atoms with Gasteiger partial charge in [0, 0.05) is 17.5 Å². The number of rotatable bonds is 3. The normalized spacial score (nSPS) is 17.8. The van der Waals surface area contributed by atoms with Crippen molar-refractivity contribution in [1.82, 2.24) is 5.32 Å². The standard InChI is InChI=1S/C16H15F2NS/c17-13-6-5-11(9-14(13)18)10-19-15-7-8-20-16-4-2-1-3-12(15)16/h1-6,9,15,19H,7-8,10H2. The summed E-state index contributed by atoms with van der Waals surface area (Å²) in [4.78, 5) is 1.31. The number of hydrogen-bond donors (Lipinski definition) is 1. The zero-order valence-electron chi connectivity index (χ0n) is 10.9. The fraction of sp³-hybridized carbons (Fsp3) is 0.250. The SMILES string of the molecule is Fc1ccc(CNC2CCSc3ccccc32)cc1F. The van der Waals surface area contributed by atoms with Gasteiger partial charge in [-0.25, -0.2) is 8.78 Å². The van der Waals surface area contributed by atoms with E-state index in [0.29, 0.717) is 6.54 Å². The minimum absolute atomic E-state index is 0.278. The van der Waals surface area contributed by atoms with Crippen molar-refractivity contribution in [3.63, 3.8) is 0 Å². The topological polar surface area (TPSA) is 12.0 Å². The van der Waals surface area contributed by atoms with Crippen LogP contribution in [0.15, 0.2) is 47.4 Å². The van der Waals surface area contributed by atoms with E-state index >= 15 is 0 Å². The average molecular weight is 291 g/mol. The summed E-state index contributed by atoms with van der Waals surface area (Å²) in [5, 5.41) is 3.44. The highest BCUT2D eigenvalue weighted by Crippen LogP contribution is 2.35. The lowest BCUT2D eigenvalue weighted by Crippen LogP contribution is -2.24. The van der Waals surface area contributed by atoms with Crippen molar-refractivity contribution in [3.05, 3.63) is 65.2 Å². The van der Waals surface area contributed by atoms with Gasteiger partial charge in [-0.2, -0.15) is 0 Å². The van der Waals surface area contributed by atoms with E-state index in [2.05, 4.69) is 17.4 Å². The van der Waals surface area contributed by atoms with Crippen LogP contribution in [0.3, 0.4) is 0 Å². The number of thioether (sulfide) groups is 1. The Kier molecular flexibility index (Phi) is 4.03. The Morgan fingerprint density at radius 3 is 2.80 bits per heavy atom. The van der Waals surface area contributed by atoms with Gasteiger partial charge >= 0.3 is 0 Å². The van der Waals surface area contributed by atoms with Crippen molar-refractivity contribution in [2.75, 3.05) is 5.75 Å². The van der Waals surface area contributed by atoms with E-state index in [-0.39, 0.29) is 6.04 Å². The first-order chi connectivity index (χ1) is 9.74. The quantitative estimate of drug-likeness (QED) is 0.905. The summed E-state index contributed by atoms with van der Waals surface area (Å²) in [6.07, 6.45) is 1.05. The van der Waals surface area contributed by atoms with E-state index in [1.54, 1.807) is 6.07 Å². The monoisotopic (exact) mass is 291 g/mol. The Hall–Kier alpha value is -1.39. The molecule has 0 fully saturated rings. The van der Waals surface area contributed by atoms with Crippen LogP contribution in [0.4, 0.5) is 8.78 Å². The smallest absolute Gasteiger partial charge is 0.159 e. The summed E-state index contributed by atoms with van der Waals surface area (Å²) < 4.78 is 26.1. The molecule has 1 atom stereocenters. The molecule has 0 aromatic heterocycles. The molecule has 0 radical (unpaired) electrons. The lowest BCUT2D eigenvalue weighted by molar-refractivity contribution is 0.494. The number of benzene rings is 2. The first-order valence-electron chi connectivity index (χ1n) is 6.63. The highest BCUT2D eigenvalue weighted by atomic mass is 32.2. The number of hydrogen-bond acceptors (Lipinski definition) is 2. The lowest BCUT2D eigenvalue weighted by atomic mass is 10.0. The van der Waals surface area contributed by atoms with Crippen LogP contribution in [0.5, 0.6) is 0 Å². The third-order valence-corrected chi connectivity index (χ3v) is 4.62. The predicted molar refractivity (Wildman–Crippen MR) is 77.7 cm³/mol. The van der Waals surface area contributed by atoms with Gasteiger partial charge in [-0.15, -0.1) is 11.8 Å². The van der Waals surface area contributed by atoms with Gasteiger partial charge in [0.05, 0.1) is 0 Å². The maximum atomic E-state index is 13.2. The van der Waals surface area contributed by atoms with Crippen LogP contribution in [0, 0.1) is 11.6 Å². The zero-order chi connectivity index (χ0) is 13.9. The summed E-state index contributed by atoms with van der Waals surface area (Å²) in [5.41, 5.74) is 2.06. The maximum absolute atomic E-state index is 13.2. The number of halogens is 2. The van der Waals surface area contributed by atoms with E-state index in [0.717, 1.165) is 17.7 Å². The second kappa shape index (κ2) is 5.94. The van der Waals surface area contributed by atoms with Gasteiger partial charge in [0.1, 0.15) is 0 Å². The minimum atomic E-state index is -0.798. The average Bonchev–Trinajstić information content (AvgIpc) is 2.48. The van der Waals surface area contributed by atoms with Gasteiger partial charge in [0.2, 0.25) is 0 Å². The van der Waals surface area contributed by atoms with Gasteiger partial charge in [-0.3, -0.25) is 0 Å². The highest BCUT2D eigenvalue weighted by Gasteiger charge is 2.19. The molecule has 1 nitrogen and oxygen atoms in total. The third kappa shape index (κ3) is 2.86. The molecular formula is C16H15F2NS. The van der Waals surface area contributed by atoms with Gasteiger partial charge in [0.15, 0.2) is 11.6 Å². The van der Waals surface area contributed by atoms with E-state index < -0.39 is 11.6 Å². The van der Waals surface area contributed by atoms with E-state index in [1.165, 1.54) is 22.6 Å². The predicted octanol–water partition coefficient (Wildman–Crippen LogP) is 4.29. The largest absolute Gasteiger partial charge is 0.306 e. The highest BCUT2D eigenvalue weighted by molar-refractivity contribution is 7.99. The van der Waals surface area contributed by atoms with Gasteiger partial charge in [-0.05, 0) is 41.5 Å². The molecule has 1 unspecified atom stereocenters. The first-order valence-corrected chi connectivity index (χ1v) is 7.61. The maximum Gasteiger partial charge on any atom is 0.159 e. The Bertz CT molecular complexity index is 615. The van der Waals surface area contributed by atoms with Crippen molar-refractivity contribution in [2.45, 2.75) is 23.9 Å². The molecule has 1 heterocycles.